The van der Waals surface area contributed by atoms with Gasteiger partial charge in [-0.3, -0.25) is 4.79 Å². The van der Waals surface area contributed by atoms with Crippen LogP contribution in [0.25, 0.3) is 0 Å². The van der Waals surface area contributed by atoms with E-state index in [1.165, 1.54) is 0 Å². The van der Waals surface area contributed by atoms with Crippen LogP contribution >= 0.6 is 11.6 Å². The minimum absolute atomic E-state index is 0.233. The SMILES string of the molecule is COc1cccc(NC(=O)c2ccc(OC)c(COc3ccc(Cl)cc3)c2)c1. The van der Waals surface area contributed by atoms with Crippen LogP contribution in [-0.2, 0) is 6.61 Å². The molecule has 6 heteroatoms. The van der Waals surface area contributed by atoms with E-state index < -0.39 is 0 Å². The molecular weight excluding hydrogens is 378 g/mol. The molecule has 3 rings (SSSR count). The minimum Gasteiger partial charge on any atom is -0.497 e. The lowest BCUT2D eigenvalue weighted by Gasteiger charge is -2.13. The molecule has 0 atom stereocenters. The second kappa shape index (κ2) is 9.15. The van der Waals surface area contributed by atoms with Gasteiger partial charge in [-0.25, -0.2) is 0 Å². The molecular formula is C22H20ClNO4. The van der Waals surface area contributed by atoms with Crippen LogP contribution in [-0.4, -0.2) is 20.1 Å². The summed E-state index contributed by atoms with van der Waals surface area (Å²) in [6.07, 6.45) is 0. The highest BCUT2D eigenvalue weighted by atomic mass is 35.5. The molecule has 0 saturated carbocycles. The maximum absolute atomic E-state index is 12.6. The van der Waals surface area contributed by atoms with Crippen molar-refractivity contribution in [2.45, 2.75) is 6.61 Å². The summed E-state index contributed by atoms with van der Waals surface area (Å²) in [4.78, 5) is 12.6. The highest BCUT2D eigenvalue weighted by molar-refractivity contribution is 6.30. The van der Waals surface area contributed by atoms with E-state index in [1.807, 2.05) is 12.1 Å². The van der Waals surface area contributed by atoms with E-state index >= 15 is 0 Å². The highest BCUT2D eigenvalue weighted by Crippen LogP contribution is 2.24. The Balaban J connectivity index is 1.75. The molecule has 3 aromatic rings. The van der Waals surface area contributed by atoms with E-state index in [0.29, 0.717) is 33.5 Å². The van der Waals surface area contributed by atoms with Crippen molar-refractivity contribution < 1.29 is 19.0 Å². The lowest BCUT2D eigenvalue weighted by atomic mass is 10.1. The molecule has 3 aromatic carbocycles. The molecule has 28 heavy (non-hydrogen) atoms. The number of rotatable bonds is 7. The van der Waals surface area contributed by atoms with E-state index in [-0.39, 0.29) is 12.5 Å². The van der Waals surface area contributed by atoms with E-state index in [9.17, 15) is 4.79 Å². The molecule has 0 aliphatic heterocycles. The largest absolute Gasteiger partial charge is 0.497 e. The number of carbonyl (C=O) groups excluding carboxylic acids is 1. The first-order valence-corrected chi connectivity index (χ1v) is 8.97. The van der Waals surface area contributed by atoms with Crippen molar-refractivity contribution >= 4 is 23.2 Å². The first-order chi connectivity index (χ1) is 13.6. The number of ether oxygens (including phenoxy) is 3. The summed E-state index contributed by atoms with van der Waals surface area (Å²) >= 11 is 5.89. The lowest BCUT2D eigenvalue weighted by Crippen LogP contribution is -2.13. The van der Waals surface area contributed by atoms with Crippen LogP contribution in [0.2, 0.25) is 5.02 Å². The van der Waals surface area contributed by atoms with Crippen LogP contribution in [0.3, 0.4) is 0 Å². The van der Waals surface area contributed by atoms with Crippen molar-refractivity contribution in [1.82, 2.24) is 0 Å². The van der Waals surface area contributed by atoms with Gasteiger partial charge in [-0.15, -0.1) is 0 Å². The van der Waals surface area contributed by atoms with Gasteiger partial charge in [0.2, 0.25) is 0 Å². The number of halogens is 1. The average molecular weight is 398 g/mol. The lowest BCUT2D eigenvalue weighted by molar-refractivity contribution is 0.102. The standard InChI is InChI=1S/C22H20ClNO4/c1-26-20-5-3-4-18(13-20)24-22(25)15-6-11-21(27-2)16(12-15)14-28-19-9-7-17(23)8-10-19/h3-13H,14H2,1-2H3,(H,24,25). The maximum atomic E-state index is 12.6. The third kappa shape index (κ3) is 4.96. The summed E-state index contributed by atoms with van der Waals surface area (Å²) in [6.45, 7) is 0.255. The number of hydrogen-bond acceptors (Lipinski definition) is 4. The Morgan fingerprint density at radius 3 is 2.43 bits per heavy atom. The maximum Gasteiger partial charge on any atom is 0.255 e. The van der Waals surface area contributed by atoms with Crippen LogP contribution in [0, 0.1) is 0 Å². The summed E-state index contributed by atoms with van der Waals surface area (Å²) in [6, 6.07) is 19.5. The molecule has 0 heterocycles. The van der Waals surface area contributed by atoms with Gasteiger partial charge in [0, 0.05) is 27.9 Å². The number of amides is 1. The molecule has 0 unspecified atom stereocenters. The first kappa shape index (κ1) is 19.6. The Bertz CT molecular complexity index is 957. The number of anilines is 1. The van der Waals surface area contributed by atoms with E-state index in [2.05, 4.69) is 5.32 Å². The van der Waals surface area contributed by atoms with Crippen molar-refractivity contribution in [2.75, 3.05) is 19.5 Å². The van der Waals surface area contributed by atoms with Gasteiger partial charge in [0.05, 0.1) is 14.2 Å². The van der Waals surface area contributed by atoms with Crippen LogP contribution in [0.4, 0.5) is 5.69 Å². The average Bonchev–Trinajstić information content (AvgIpc) is 2.73. The molecule has 0 aromatic heterocycles. The van der Waals surface area contributed by atoms with Crippen LogP contribution in [0.5, 0.6) is 17.2 Å². The van der Waals surface area contributed by atoms with Gasteiger partial charge in [0.25, 0.3) is 5.91 Å². The molecule has 1 N–H and O–H groups in total. The molecule has 1 amide bonds. The molecule has 0 aliphatic rings. The van der Waals surface area contributed by atoms with Crippen molar-refractivity contribution in [3.8, 4) is 17.2 Å². The minimum atomic E-state index is -0.233. The van der Waals surface area contributed by atoms with Gasteiger partial charge in [-0.05, 0) is 54.6 Å². The van der Waals surface area contributed by atoms with Crippen molar-refractivity contribution in [1.29, 1.82) is 0 Å². The van der Waals surface area contributed by atoms with Gasteiger partial charge in [0.15, 0.2) is 0 Å². The van der Waals surface area contributed by atoms with Crippen molar-refractivity contribution in [2.24, 2.45) is 0 Å². The molecule has 0 saturated heterocycles. The second-order valence-corrected chi connectivity index (χ2v) is 6.39. The van der Waals surface area contributed by atoms with E-state index in [1.54, 1.807) is 68.8 Å². The zero-order chi connectivity index (χ0) is 19.9. The van der Waals surface area contributed by atoms with Crippen molar-refractivity contribution in [3.63, 3.8) is 0 Å². The molecule has 0 spiro atoms. The summed E-state index contributed by atoms with van der Waals surface area (Å²) in [5.41, 5.74) is 1.91. The summed E-state index contributed by atoms with van der Waals surface area (Å²) in [5.74, 6) is 1.76. The van der Waals surface area contributed by atoms with Gasteiger partial charge in [0.1, 0.15) is 23.9 Å². The van der Waals surface area contributed by atoms with Gasteiger partial charge in [-0.1, -0.05) is 17.7 Å². The van der Waals surface area contributed by atoms with E-state index in [4.69, 9.17) is 25.8 Å². The molecule has 5 nitrogen and oxygen atoms in total. The fraction of sp³-hybridized carbons (Fsp3) is 0.136. The zero-order valence-electron chi connectivity index (χ0n) is 15.6. The molecule has 0 aliphatic carbocycles. The smallest absolute Gasteiger partial charge is 0.255 e. The Morgan fingerprint density at radius 1 is 0.929 bits per heavy atom. The fourth-order valence-electron chi connectivity index (χ4n) is 2.63. The zero-order valence-corrected chi connectivity index (χ0v) is 16.3. The van der Waals surface area contributed by atoms with Crippen LogP contribution in [0.15, 0.2) is 66.7 Å². The van der Waals surface area contributed by atoms with Crippen LogP contribution in [0.1, 0.15) is 15.9 Å². The summed E-state index contributed by atoms with van der Waals surface area (Å²) < 4.78 is 16.4. The Labute approximate surface area is 168 Å². The van der Waals surface area contributed by atoms with E-state index in [0.717, 1.165) is 5.56 Å². The van der Waals surface area contributed by atoms with Crippen molar-refractivity contribution in [3.05, 3.63) is 82.9 Å². The summed E-state index contributed by atoms with van der Waals surface area (Å²) in [7, 11) is 3.16. The first-order valence-electron chi connectivity index (χ1n) is 8.59. The monoisotopic (exact) mass is 397 g/mol. The molecule has 0 bridgehead atoms. The molecule has 0 fully saturated rings. The Kier molecular flexibility index (Phi) is 6.40. The Morgan fingerprint density at radius 2 is 1.71 bits per heavy atom. The third-order valence-corrected chi connectivity index (χ3v) is 4.33. The van der Waals surface area contributed by atoms with Gasteiger partial charge < -0.3 is 19.5 Å². The number of hydrogen-bond donors (Lipinski definition) is 1. The predicted molar refractivity (Wildman–Crippen MR) is 110 cm³/mol. The van der Waals surface area contributed by atoms with Crippen LogP contribution < -0.4 is 19.5 Å². The Hall–Kier alpha value is -3.18. The summed E-state index contributed by atoms with van der Waals surface area (Å²) in [5, 5.41) is 3.50. The topological polar surface area (TPSA) is 56.8 Å². The number of methoxy groups -OCH3 is 2. The predicted octanol–water partition coefficient (Wildman–Crippen LogP) is 5.19. The normalized spacial score (nSPS) is 10.2. The van der Waals surface area contributed by atoms with Gasteiger partial charge in [-0.2, -0.15) is 0 Å². The third-order valence-electron chi connectivity index (χ3n) is 4.08. The second-order valence-electron chi connectivity index (χ2n) is 5.96. The van der Waals surface area contributed by atoms with Gasteiger partial charge >= 0.3 is 0 Å². The highest BCUT2D eigenvalue weighted by Gasteiger charge is 2.12. The number of carbonyl (C=O) groups is 1. The number of benzene rings is 3. The quantitative estimate of drug-likeness (QED) is 0.596. The fourth-order valence-corrected chi connectivity index (χ4v) is 2.75. The molecule has 144 valence electrons. The number of nitrogens with one attached hydrogen (secondary N) is 1. The molecule has 0 radical (unpaired) electrons.